The molecule has 2 aliphatic rings. The van der Waals surface area contributed by atoms with Crippen LogP contribution in [0.3, 0.4) is 0 Å². The van der Waals surface area contributed by atoms with Gasteiger partial charge >= 0.3 is 5.97 Å². The zero-order valence-corrected chi connectivity index (χ0v) is 24.7. The van der Waals surface area contributed by atoms with Crippen molar-refractivity contribution in [1.29, 1.82) is 0 Å². The Bertz CT molecular complexity index is 1660. The number of carbonyl (C=O) groups excluding carboxylic acids is 1. The van der Waals surface area contributed by atoms with Crippen LogP contribution in [-0.4, -0.2) is 13.0 Å². The van der Waals surface area contributed by atoms with Crippen LogP contribution >= 0.6 is 0 Å². The Balaban J connectivity index is 1.33. The van der Waals surface area contributed by atoms with Crippen molar-refractivity contribution < 1.29 is 9.53 Å². The lowest BCUT2D eigenvalue weighted by molar-refractivity contribution is 0.0734. The van der Waals surface area contributed by atoms with Gasteiger partial charge in [0.1, 0.15) is 5.75 Å². The van der Waals surface area contributed by atoms with Gasteiger partial charge in [0.05, 0.1) is 5.56 Å². The van der Waals surface area contributed by atoms with E-state index in [9.17, 15) is 4.79 Å². The van der Waals surface area contributed by atoms with E-state index in [1.165, 1.54) is 22.5 Å². The number of carbonyl (C=O) groups is 1. The molecule has 4 aromatic rings. The molecule has 0 fully saturated rings. The van der Waals surface area contributed by atoms with E-state index in [1.54, 1.807) is 12.1 Å². The highest BCUT2D eigenvalue weighted by molar-refractivity contribution is 5.91. The van der Waals surface area contributed by atoms with Crippen molar-refractivity contribution in [2.24, 2.45) is 0 Å². The third-order valence-corrected chi connectivity index (χ3v) is 8.40. The van der Waals surface area contributed by atoms with Crippen LogP contribution in [0.4, 0.5) is 17.1 Å². The predicted octanol–water partition coefficient (Wildman–Crippen LogP) is 9.35. The number of anilines is 3. The van der Waals surface area contributed by atoms with Gasteiger partial charge in [0.15, 0.2) is 0 Å². The molecule has 0 saturated heterocycles. The van der Waals surface area contributed by atoms with Gasteiger partial charge in [0, 0.05) is 40.9 Å². The Hall–Kier alpha value is -4.83. The van der Waals surface area contributed by atoms with E-state index >= 15 is 0 Å². The first kappa shape index (κ1) is 27.3. The molecular weight excluding hydrogens is 516 g/mol. The van der Waals surface area contributed by atoms with Crippen molar-refractivity contribution in [1.82, 2.24) is 0 Å². The van der Waals surface area contributed by atoms with Gasteiger partial charge in [-0.1, -0.05) is 74.5 Å². The molecule has 4 nitrogen and oxygen atoms in total. The normalized spacial score (nSPS) is 17.6. The van der Waals surface area contributed by atoms with Gasteiger partial charge in [-0.15, -0.1) is 0 Å². The molecule has 0 aromatic heterocycles. The average Bonchev–Trinajstić information content (AvgIpc) is 3.46. The van der Waals surface area contributed by atoms with Crippen LogP contribution < -0.4 is 14.5 Å². The first-order chi connectivity index (χ1) is 20.3. The topological polar surface area (TPSA) is 32.8 Å². The number of benzene rings is 4. The van der Waals surface area contributed by atoms with Crippen molar-refractivity contribution in [2.45, 2.75) is 39.0 Å². The zero-order chi connectivity index (χ0) is 29.3. The Labute approximate surface area is 248 Å². The summed E-state index contributed by atoms with van der Waals surface area (Å²) < 4.78 is 5.77. The average molecular weight is 553 g/mol. The summed E-state index contributed by atoms with van der Waals surface area (Å²) in [6, 6.07) is 36.3. The highest BCUT2D eigenvalue weighted by atomic mass is 16.5. The van der Waals surface area contributed by atoms with Gasteiger partial charge in [0.25, 0.3) is 0 Å². The molecule has 0 spiro atoms. The summed E-state index contributed by atoms with van der Waals surface area (Å²) in [5, 5.41) is 0. The summed E-state index contributed by atoms with van der Waals surface area (Å²) in [7, 11) is 2.12. The standard InChI is InChI=1S/C38H36N2O2/c1-27-20-21-28(36(27)40(30-16-10-6-11-17-30)31-18-12-7-13-19-31)22-25-35-38(2,3)33-26-32(23-24-34(33)39(35)4)42-37(41)29-14-8-5-9-15-29/h5-19,22-26H,20-21H2,1-4H3/b28-22+,35-25+. The van der Waals surface area contributed by atoms with E-state index in [1.807, 2.05) is 30.3 Å². The van der Waals surface area contributed by atoms with Crippen LogP contribution in [0, 0.1) is 0 Å². The largest absolute Gasteiger partial charge is 0.423 e. The number of likely N-dealkylation sites (N-methyl/N-ethyl adjacent to an activating group) is 1. The van der Waals surface area contributed by atoms with Crippen LogP contribution in [0.2, 0.25) is 0 Å². The molecule has 0 N–H and O–H groups in total. The maximum absolute atomic E-state index is 12.7. The van der Waals surface area contributed by atoms with Gasteiger partial charge in [-0.05, 0) is 97.1 Å². The zero-order valence-electron chi connectivity index (χ0n) is 24.7. The smallest absolute Gasteiger partial charge is 0.343 e. The van der Waals surface area contributed by atoms with Crippen LogP contribution in [0.25, 0.3) is 0 Å². The van der Waals surface area contributed by atoms with Gasteiger partial charge < -0.3 is 14.5 Å². The molecular formula is C38H36N2O2. The molecule has 210 valence electrons. The molecule has 0 unspecified atom stereocenters. The summed E-state index contributed by atoms with van der Waals surface area (Å²) >= 11 is 0. The molecule has 1 heterocycles. The lowest BCUT2D eigenvalue weighted by Crippen LogP contribution is -2.22. The fourth-order valence-electron chi connectivity index (χ4n) is 6.19. The number of nitrogens with zero attached hydrogens (tertiary/aromatic N) is 2. The molecule has 4 heteroatoms. The fourth-order valence-corrected chi connectivity index (χ4v) is 6.19. The molecule has 1 aliphatic heterocycles. The highest BCUT2D eigenvalue weighted by Crippen LogP contribution is 2.48. The molecule has 0 bridgehead atoms. The van der Waals surface area contributed by atoms with E-state index in [4.69, 9.17) is 4.74 Å². The monoisotopic (exact) mass is 552 g/mol. The summed E-state index contributed by atoms with van der Waals surface area (Å²) in [5.74, 6) is 0.208. The SMILES string of the molecule is CC1=C(N(c2ccccc2)c2ccccc2)/C(=C/C=C2/N(C)c3ccc(OC(=O)c4ccccc4)cc3C2(C)C)CC1. The Morgan fingerprint density at radius 1 is 0.810 bits per heavy atom. The predicted molar refractivity (Wildman–Crippen MR) is 172 cm³/mol. The minimum Gasteiger partial charge on any atom is -0.423 e. The number of ether oxygens (including phenoxy) is 1. The van der Waals surface area contributed by atoms with E-state index in [0.29, 0.717) is 11.3 Å². The van der Waals surface area contributed by atoms with Crippen molar-refractivity contribution in [3.63, 3.8) is 0 Å². The fraction of sp³-hybridized carbons (Fsp3) is 0.184. The molecule has 6 rings (SSSR count). The van der Waals surface area contributed by atoms with Crippen LogP contribution in [0.5, 0.6) is 5.75 Å². The van der Waals surface area contributed by atoms with E-state index < -0.39 is 0 Å². The maximum Gasteiger partial charge on any atom is 0.343 e. The summed E-state index contributed by atoms with van der Waals surface area (Å²) in [4.78, 5) is 17.4. The quantitative estimate of drug-likeness (QED) is 0.176. The minimum absolute atomic E-state index is 0.271. The summed E-state index contributed by atoms with van der Waals surface area (Å²) in [6.07, 6.45) is 6.62. The van der Waals surface area contributed by atoms with Crippen LogP contribution in [0.1, 0.15) is 49.5 Å². The number of hydrogen-bond donors (Lipinski definition) is 0. The Morgan fingerprint density at radius 3 is 2.02 bits per heavy atom. The molecule has 0 radical (unpaired) electrons. The lowest BCUT2D eigenvalue weighted by Gasteiger charge is -2.28. The lowest BCUT2D eigenvalue weighted by atomic mass is 9.83. The number of fused-ring (bicyclic) bond motifs is 1. The Kier molecular flexibility index (Phi) is 7.30. The van der Waals surface area contributed by atoms with E-state index in [0.717, 1.165) is 35.5 Å². The second-order valence-corrected chi connectivity index (χ2v) is 11.5. The number of esters is 1. The second-order valence-electron chi connectivity index (χ2n) is 11.5. The van der Waals surface area contributed by atoms with Gasteiger partial charge in [0.2, 0.25) is 0 Å². The number of para-hydroxylation sites is 2. The molecule has 42 heavy (non-hydrogen) atoms. The molecule has 0 amide bonds. The van der Waals surface area contributed by atoms with Crippen molar-refractivity contribution in [3.8, 4) is 5.75 Å². The van der Waals surface area contributed by atoms with Crippen molar-refractivity contribution in [3.05, 3.63) is 155 Å². The summed E-state index contributed by atoms with van der Waals surface area (Å²) in [6.45, 7) is 6.72. The molecule has 0 saturated carbocycles. The van der Waals surface area contributed by atoms with Gasteiger partial charge in [-0.2, -0.15) is 0 Å². The highest BCUT2D eigenvalue weighted by Gasteiger charge is 2.39. The van der Waals surface area contributed by atoms with Crippen LogP contribution in [0.15, 0.2) is 144 Å². The van der Waals surface area contributed by atoms with Crippen molar-refractivity contribution >= 4 is 23.0 Å². The summed E-state index contributed by atoms with van der Waals surface area (Å²) in [5.41, 5.74) is 10.0. The van der Waals surface area contributed by atoms with E-state index in [-0.39, 0.29) is 11.4 Å². The second kappa shape index (κ2) is 11.2. The molecule has 4 aromatic carbocycles. The third-order valence-electron chi connectivity index (χ3n) is 8.40. The first-order valence-electron chi connectivity index (χ1n) is 14.5. The molecule has 0 atom stereocenters. The van der Waals surface area contributed by atoms with E-state index in [2.05, 4.69) is 117 Å². The Morgan fingerprint density at radius 2 is 1.40 bits per heavy atom. The molecule has 1 aliphatic carbocycles. The first-order valence-corrected chi connectivity index (χ1v) is 14.5. The van der Waals surface area contributed by atoms with Gasteiger partial charge in [-0.3, -0.25) is 0 Å². The minimum atomic E-state index is -0.350. The third kappa shape index (κ3) is 5.05. The number of hydrogen-bond acceptors (Lipinski definition) is 4. The number of allylic oxidation sites excluding steroid dienone is 5. The van der Waals surface area contributed by atoms with Gasteiger partial charge in [-0.25, -0.2) is 4.79 Å². The van der Waals surface area contributed by atoms with Crippen molar-refractivity contribution in [2.75, 3.05) is 16.8 Å². The maximum atomic E-state index is 12.7. The number of rotatable bonds is 6. The van der Waals surface area contributed by atoms with Crippen LogP contribution in [-0.2, 0) is 5.41 Å².